The maximum Gasteiger partial charge on any atom is 0.407 e. The number of aromatic amines is 1. The van der Waals surface area contributed by atoms with Crippen LogP contribution in [0.1, 0.15) is 56.7 Å². The fourth-order valence-corrected chi connectivity index (χ4v) is 5.28. The lowest BCUT2D eigenvalue weighted by Crippen LogP contribution is -2.33. The van der Waals surface area contributed by atoms with Crippen molar-refractivity contribution >= 4 is 32.5 Å². The number of hydrogen-bond acceptors (Lipinski definition) is 5. The molecule has 1 aliphatic carbocycles. The summed E-state index contributed by atoms with van der Waals surface area (Å²) in [6.07, 6.45) is 6.43. The highest BCUT2D eigenvalue weighted by molar-refractivity contribution is 7.91. The quantitative estimate of drug-likeness (QED) is 0.792. The van der Waals surface area contributed by atoms with Crippen molar-refractivity contribution in [3.63, 3.8) is 0 Å². The number of hydrogen-bond donors (Lipinski definition) is 2. The topological polar surface area (TPSA) is 101 Å². The Bertz CT molecular complexity index is 1060. The number of aromatic nitrogens is 2. The molecular weight excluding hydrogens is 390 g/mol. The molecule has 1 fully saturated rings. The molecule has 0 radical (unpaired) electrons. The second kappa shape index (κ2) is 7.82. The molecule has 7 nitrogen and oxygen atoms in total. The zero-order valence-corrected chi connectivity index (χ0v) is 17.6. The van der Waals surface area contributed by atoms with Crippen LogP contribution >= 0.6 is 0 Å². The highest BCUT2D eigenvalue weighted by Gasteiger charge is 2.29. The van der Waals surface area contributed by atoms with Gasteiger partial charge in [0, 0.05) is 23.3 Å². The van der Waals surface area contributed by atoms with Crippen molar-refractivity contribution < 1.29 is 17.9 Å². The number of pyridine rings is 1. The molecule has 0 spiro atoms. The summed E-state index contributed by atoms with van der Waals surface area (Å²) >= 11 is 0. The van der Waals surface area contributed by atoms with Crippen molar-refractivity contribution in [1.29, 1.82) is 0 Å². The first-order valence-corrected chi connectivity index (χ1v) is 12.0. The third-order valence-corrected chi connectivity index (χ3v) is 7.14. The molecule has 2 aromatic rings. The first-order chi connectivity index (χ1) is 13.8. The van der Waals surface area contributed by atoms with Gasteiger partial charge in [0.25, 0.3) is 0 Å². The Morgan fingerprint density at radius 1 is 1.31 bits per heavy atom. The molecule has 1 aliphatic heterocycles. The first kappa shape index (κ1) is 19.9. The Balaban J connectivity index is 1.46. The summed E-state index contributed by atoms with van der Waals surface area (Å²) in [4.78, 5) is 19.7. The number of amides is 1. The van der Waals surface area contributed by atoms with Gasteiger partial charge in [0.05, 0.1) is 11.5 Å². The largest absolute Gasteiger partial charge is 0.446 e. The van der Waals surface area contributed by atoms with Gasteiger partial charge in [-0.1, -0.05) is 6.08 Å². The number of nitrogens with one attached hydrogen (secondary N) is 2. The third-order valence-electron chi connectivity index (χ3n) is 5.64. The average molecular weight is 418 g/mol. The van der Waals surface area contributed by atoms with Crippen LogP contribution < -0.4 is 5.32 Å². The van der Waals surface area contributed by atoms with Crippen LogP contribution in [0.5, 0.6) is 0 Å². The fourth-order valence-electron chi connectivity index (χ4n) is 4.12. The summed E-state index contributed by atoms with van der Waals surface area (Å²) in [5.41, 5.74) is 3.93. The number of carbonyl (C=O) groups is 1. The van der Waals surface area contributed by atoms with E-state index in [1.807, 2.05) is 20.0 Å². The van der Waals surface area contributed by atoms with E-state index in [2.05, 4.69) is 27.4 Å². The van der Waals surface area contributed by atoms with Gasteiger partial charge < -0.3 is 15.0 Å². The highest BCUT2D eigenvalue weighted by Crippen LogP contribution is 2.37. The van der Waals surface area contributed by atoms with Gasteiger partial charge in [-0.3, -0.25) is 0 Å². The second-order valence-corrected chi connectivity index (χ2v) is 10.5. The molecule has 8 heteroatoms. The number of allylic oxidation sites excluding steroid dienone is 1. The Hall–Kier alpha value is -2.35. The Kier molecular flexibility index (Phi) is 5.38. The highest BCUT2D eigenvalue weighted by atomic mass is 32.2. The number of nitrogens with zero attached hydrogens (tertiary/aromatic N) is 1. The molecule has 2 N–H and O–H groups in total. The van der Waals surface area contributed by atoms with Crippen molar-refractivity contribution in [1.82, 2.24) is 15.3 Å². The number of sulfone groups is 1. The minimum absolute atomic E-state index is 0.0634. The number of ether oxygens (including phenoxy) is 1. The molecular formula is C21H27N3O4S. The molecule has 2 aliphatic rings. The number of H-pyrrole nitrogens is 1. The molecule has 2 aromatic heterocycles. The van der Waals surface area contributed by atoms with Crippen LogP contribution in [0.4, 0.5) is 4.79 Å². The number of fused-ring (bicyclic) bond motifs is 1. The predicted molar refractivity (Wildman–Crippen MR) is 112 cm³/mol. The van der Waals surface area contributed by atoms with Gasteiger partial charge in [-0.05, 0) is 68.7 Å². The van der Waals surface area contributed by atoms with Crippen molar-refractivity contribution in [2.75, 3.05) is 11.5 Å². The summed E-state index contributed by atoms with van der Waals surface area (Å²) in [6.45, 7) is 3.82. The Labute approximate surface area is 170 Å². The molecule has 0 aromatic carbocycles. The monoisotopic (exact) mass is 417 g/mol. The molecule has 156 valence electrons. The minimum Gasteiger partial charge on any atom is -0.446 e. The van der Waals surface area contributed by atoms with Gasteiger partial charge in [0.1, 0.15) is 11.8 Å². The summed E-state index contributed by atoms with van der Waals surface area (Å²) in [7, 11) is -2.94. The second-order valence-electron chi connectivity index (χ2n) is 8.32. The molecule has 29 heavy (non-hydrogen) atoms. The lowest BCUT2D eigenvalue weighted by molar-refractivity contribution is 0.0982. The standard InChI is InChI=1S/C21H27N3O4S/c1-13(2)23-21(25)28-18-4-3-15(10-18)17-9-16-11-19(24-20(16)22-12-17)14-5-7-29(26,27)8-6-14/h5,9,11-13,15,18H,3-4,6-8,10H2,1-2H3,(H,22,24)(H,23,25)/t15-,18+/m0/s1. The lowest BCUT2D eigenvalue weighted by Gasteiger charge is -2.15. The molecule has 2 atom stereocenters. The van der Waals surface area contributed by atoms with Crippen molar-refractivity contribution in [2.24, 2.45) is 0 Å². The molecule has 1 saturated carbocycles. The van der Waals surface area contributed by atoms with E-state index >= 15 is 0 Å². The van der Waals surface area contributed by atoms with E-state index in [0.717, 1.165) is 47.1 Å². The molecule has 0 unspecified atom stereocenters. The van der Waals surface area contributed by atoms with Crippen LogP contribution in [0.15, 0.2) is 24.4 Å². The maximum atomic E-state index is 11.8. The van der Waals surface area contributed by atoms with Crippen LogP contribution in [-0.2, 0) is 14.6 Å². The van der Waals surface area contributed by atoms with Gasteiger partial charge in [-0.25, -0.2) is 18.2 Å². The smallest absolute Gasteiger partial charge is 0.407 e. The molecule has 4 rings (SSSR count). The van der Waals surface area contributed by atoms with Gasteiger partial charge in [-0.2, -0.15) is 0 Å². The number of rotatable bonds is 4. The summed E-state index contributed by atoms with van der Waals surface area (Å²) in [5, 5.41) is 3.79. The molecule has 1 amide bonds. The third kappa shape index (κ3) is 4.63. The molecule has 0 saturated heterocycles. The number of carbonyl (C=O) groups excluding carboxylic acids is 1. The SMILES string of the molecule is CC(C)NC(=O)O[C@@H]1CC[C@H](c2cnc3[nH]c(C4=CCS(=O)(=O)CC4)cc3c2)C1. The van der Waals surface area contributed by atoms with E-state index in [4.69, 9.17) is 4.74 Å². The van der Waals surface area contributed by atoms with E-state index < -0.39 is 9.84 Å². The van der Waals surface area contributed by atoms with E-state index in [0.29, 0.717) is 12.3 Å². The van der Waals surface area contributed by atoms with Gasteiger partial charge in [-0.15, -0.1) is 0 Å². The van der Waals surface area contributed by atoms with E-state index in [-0.39, 0.29) is 29.7 Å². The summed E-state index contributed by atoms with van der Waals surface area (Å²) in [6, 6.07) is 4.26. The predicted octanol–water partition coefficient (Wildman–Crippen LogP) is 3.54. The van der Waals surface area contributed by atoms with Crippen LogP contribution in [0, 0.1) is 0 Å². The average Bonchev–Trinajstić information content (AvgIpc) is 3.27. The zero-order valence-electron chi connectivity index (χ0n) is 16.8. The van der Waals surface area contributed by atoms with Crippen molar-refractivity contribution in [3.05, 3.63) is 35.7 Å². The Morgan fingerprint density at radius 2 is 2.14 bits per heavy atom. The van der Waals surface area contributed by atoms with Gasteiger partial charge in [0.15, 0.2) is 9.84 Å². The zero-order chi connectivity index (χ0) is 20.6. The fraction of sp³-hybridized carbons (Fsp3) is 0.524. The van der Waals surface area contributed by atoms with Crippen LogP contribution in [-0.4, -0.2) is 48.1 Å². The Morgan fingerprint density at radius 3 is 2.86 bits per heavy atom. The van der Waals surface area contributed by atoms with Gasteiger partial charge in [0.2, 0.25) is 0 Å². The maximum absolute atomic E-state index is 11.8. The first-order valence-electron chi connectivity index (χ1n) is 10.1. The minimum atomic E-state index is -2.94. The lowest BCUT2D eigenvalue weighted by atomic mass is 9.98. The van der Waals surface area contributed by atoms with Crippen molar-refractivity contribution in [3.8, 4) is 0 Å². The number of alkyl carbamates (subject to hydrolysis) is 1. The van der Waals surface area contributed by atoms with Crippen LogP contribution in [0.3, 0.4) is 0 Å². The normalized spacial score (nSPS) is 23.9. The van der Waals surface area contributed by atoms with Crippen molar-refractivity contribution in [2.45, 2.75) is 57.6 Å². The van der Waals surface area contributed by atoms with Crippen LogP contribution in [0.2, 0.25) is 0 Å². The van der Waals surface area contributed by atoms with E-state index in [1.54, 1.807) is 6.08 Å². The van der Waals surface area contributed by atoms with E-state index in [9.17, 15) is 13.2 Å². The van der Waals surface area contributed by atoms with Crippen LogP contribution in [0.25, 0.3) is 16.6 Å². The van der Waals surface area contributed by atoms with Gasteiger partial charge >= 0.3 is 6.09 Å². The van der Waals surface area contributed by atoms with E-state index in [1.165, 1.54) is 0 Å². The molecule has 0 bridgehead atoms. The summed E-state index contributed by atoms with van der Waals surface area (Å²) < 4.78 is 28.8. The molecule has 3 heterocycles. The summed E-state index contributed by atoms with van der Waals surface area (Å²) in [5.74, 6) is 0.617.